The van der Waals surface area contributed by atoms with E-state index >= 15 is 0 Å². The normalized spacial score (nSPS) is 11.0. The Morgan fingerprint density at radius 3 is 2.40 bits per heavy atom. The SMILES string of the molecule is COc1ccccc1CCC(=O)Nc1cccc(S(=O)(=O)N(C)c2ccccc2)c1. The van der Waals surface area contributed by atoms with Crippen LogP contribution < -0.4 is 14.4 Å². The first-order chi connectivity index (χ1) is 14.4. The lowest BCUT2D eigenvalue weighted by atomic mass is 10.1. The van der Waals surface area contributed by atoms with Crippen LogP contribution in [0.4, 0.5) is 11.4 Å². The van der Waals surface area contributed by atoms with Crippen molar-refractivity contribution in [3.63, 3.8) is 0 Å². The van der Waals surface area contributed by atoms with Gasteiger partial charge in [0.05, 0.1) is 17.7 Å². The number of amides is 1. The van der Waals surface area contributed by atoms with Crippen LogP contribution in [0.3, 0.4) is 0 Å². The number of hydrogen-bond donors (Lipinski definition) is 1. The van der Waals surface area contributed by atoms with Gasteiger partial charge in [-0.05, 0) is 48.4 Å². The highest BCUT2D eigenvalue weighted by atomic mass is 32.2. The smallest absolute Gasteiger partial charge is 0.264 e. The molecule has 0 bridgehead atoms. The zero-order chi connectivity index (χ0) is 21.6. The average Bonchev–Trinajstić information content (AvgIpc) is 2.78. The van der Waals surface area contributed by atoms with Gasteiger partial charge in [-0.1, -0.05) is 42.5 Å². The summed E-state index contributed by atoms with van der Waals surface area (Å²) in [5, 5.41) is 2.78. The van der Waals surface area contributed by atoms with E-state index in [1.165, 1.54) is 23.5 Å². The predicted octanol–water partition coefficient (Wildman–Crippen LogP) is 4.09. The van der Waals surface area contributed by atoms with E-state index in [9.17, 15) is 13.2 Å². The van der Waals surface area contributed by atoms with Crippen molar-refractivity contribution in [1.29, 1.82) is 0 Å². The molecule has 0 aliphatic heterocycles. The van der Waals surface area contributed by atoms with Crippen molar-refractivity contribution in [2.75, 3.05) is 23.8 Å². The summed E-state index contributed by atoms with van der Waals surface area (Å²) < 4.78 is 32.4. The van der Waals surface area contributed by atoms with Crippen LogP contribution in [-0.4, -0.2) is 28.5 Å². The van der Waals surface area contributed by atoms with Crippen LogP contribution in [0.15, 0.2) is 83.8 Å². The molecule has 30 heavy (non-hydrogen) atoms. The molecule has 1 amide bonds. The summed E-state index contributed by atoms with van der Waals surface area (Å²) in [6, 6.07) is 22.6. The fourth-order valence-electron chi connectivity index (χ4n) is 3.05. The maximum atomic E-state index is 13.0. The number of para-hydroxylation sites is 2. The van der Waals surface area contributed by atoms with Crippen molar-refractivity contribution >= 4 is 27.3 Å². The number of methoxy groups -OCH3 is 1. The Kier molecular flexibility index (Phi) is 6.74. The van der Waals surface area contributed by atoms with Crippen LogP contribution in [0.25, 0.3) is 0 Å². The molecular weight excluding hydrogens is 400 g/mol. The molecule has 0 atom stereocenters. The van der Waals surface area contributed by atoms with Gasteiger partial charge in [0.15, 0.2) is 0 Å². The second-order valence-corrected chi connectivity index (χ2v) is 8.67. The van der Waals surface area contributed by atoms with E-state index in [4.69, 9.17) is 4.74 Å². The summed E-state index contributed by atoms with van der Waals surface area (Å²) in [5.74, 6) is 0.536. The number of aryl methyl sites for hydroxylation is 1. The van der Waals surface area contributed by atoms with Gasteiger partial charge in [0.1, 0.15) is 5.75 Å². The molecule has 0 heterocycles. The third-order valence-corrected chi connectivity index (χ3v) is 6.49. The molecule has 3 aromatic rings. The second-order valence-electron chi connectivity index (χ2n) is 6.70. The molecule has 3 aromatic carbocycles. The Hall–Kier alpha value is -3.32. The molecule has 0 spiro atoms. The van der Waals surface area contributed by atoms with Gasteiger partial charge in [0.25, 0.3) is 10.0 Å². The Balaban J connectivity index is 1.70. The molecular formula is C23H24N2O4S. The van der Waals surface area contributed by atoms with Crippen molar-refractivity contribution in [1.82, 2.24) is 0 Å². The average molecular weight is 425 g/mol. The maximum absolute atomic E-state index is 13.0. The van der Waals surface area contributed by atoms with E-state index in [0.29, 0.717) is 17.8 Å². The van der Waals surface area contributed by atoms with Crippen LogP contribution in [-0.2, 0) is 21.2 Å². The Morgan fingerprint density at radius 2 is 1.67 bits per heavy atom. The number of ether oxygens (including phenoxy) is 1. The van der Waals surface area contributed by atoms with E-state index in [1.54, 1.807) is 43.5 Å². The third-order valence-electron chi connectivity index (χ3n) is 4.71. The lowest BCUT2D eigenvalue weighted by Crippen LogP contribution is -2.26. The highest BCUT2D eigenvalue weighted by molar-refractivity contribution is 7.92. The molecule has 3 rings (SSSR count). The van der Waals surface area contributed by atoms with Crippen molar-refractivity contribution in [3.8, 4) is 5.75 Å². The Labute approximate surface area is 177 Å². The third kappa shape index (κ3) is 4.99. The fraction of sp³-hybridized carbons (Fsp3) is 0.174. The number of benzene rings is 3. The number of hydrogen-bond acceptors (Lipinski definition) is 4. The summed E-state index contributed by atoms with van der Waals surface area (Å²) in [4.78, 5) is 12.5. The van der Waals surface area contributed by atoms with Crippen molar-refractivity contribution in [2.24, 2.45) is 0 Å². The molecule has 0 saturated carbocycles. The Morgan fingerprint density at radius 1 is 0.967 bits per heavy atom. The molecule has 0 fully saturated rings. The van der Waals surface area contributed by atoms with Crippen LogP contribution >= 0.6 is 0 Å². The lowest BCUT2D eigenvalue weighted by molar-refractivity contribution is -0.116. The van der Waals surface area contributed by atoms with Gasteiger partial charge in [-0.25, -0.2) is 8.42 Å². The number of rotatable bonds is 8. The van der Waals surface area contributed by atoms with Crippen molar-refractivity contribution in [3.05, 3.63) is 84.4 Å². The van der Waals surface area contributed by atoms with Crippen LogP contribution in [0, 0.1) is 0 Å². The van der Waals surface area contributed by atoms with Crippen LogP contribution in [0.5, 0.6) is 5.75 Å². The number of sulfonamides is 1. The predicted molar refractivity (Wildman–Crippen MR) is 118 cm³/mol. The highest BCUT2D eigenvalue weighted by Gasteiger charge is 2.21. The molecule has 0 aromatic heterocycles. The number of carbonyl (C=O) groups is 1. The van der Waals surface area contributed by atoms with Gasteiger partial charge in [-0.15, -0.1) is 0 Å². The standard InChI is InChI=1S/C23H24N2O4S/c1-25(20-11-4-3-5-12-20)30(27,28)21-13-8-10-19(17-21)24-23(26)16-15-18-9-6-7-14-22(18)29-2/h3-14,17H,15-16H2,1-2H3,(H,24,26). The topological polar surface area (TPSA) is 75.7 Å². The number of nitrogens with one attached hydrogen (secondary N) is 1. The lowest BCUT2D eigenvalue weighted by Gasteiger charge is -2.20. The quantitative estimate of drug-likeness (QED) is 0.591. The van der Waals surface area contributed by atoms with Gasteiger partial charge in [0.2, 0.25) is 5.91 Å². The van der Waals surface area contributed by atoms with E-state index in [1.807, 2.05) is 30.3 Å². The molecule has 0 aliphatic carbocycles. The van der Waals surface area contributed by atoms with Gasteiger partial charge < -0.3 is 10.1 Å². The number of carbonyl (C=O) groups excluding carboxylic acids is 1. The monoisotopic (exact) mass is 424 g/mol. The van der Waals surface area contributed by atoms with Crippen molar-refractivity contribution in [2.45, 2.75) is 17.7 Å². The zero-order valence-electron chi connectivity index (χ0n) is 16.9. The van der Waals surface area contributed by atoms with Crippen LogP contribution in [0.1, 0.15) is 12.0 Å². The molecule has 7 heteroatoms. The summed E-state index contributed by atoms with van der Waals surface area (Å²) in [7, 11) is -0.651. The molecule has 0 aliphatic rings. The minimum atomic E-state index is -3.75. The highest BCUT2D eigenvalue weighted by Crippen LogP contribution is 2.24. The molecule has 0 radical (unpaired) electrons. The van der Waals surface area contributed by atoms with E-state index in [0.717, 1.165) is 11.3 Å². The molecule has 156 valence electrons. The van der Waals surface area contributed by atoms with Gasteiger partial charge in [0, 0.05) is 19.2 Å². The summed E-state index contributed by atoms with van der Waals surface area (Å²) in [6.45, 7) is 0. The maximum Gasteiger partial charge on any atom is 0.264 e. The Bertz CT molecular complexity index is 1110. The first-order valence-electron chi connectivity index (χ1n) is 9.47. The van der Waals surface area contributed by atoms with E-state index < -0.39 is 10.0 Å². The summed E-state index contributed by atoms with van der Waals surface area (Å²) >= 11 is 0. The van der Waals surface area contributed by atoms with Crippen LogP contribution in [0.2, 0.25) is 0 Å². The summed E-state index contributed by atoms with van der Waals surface area (Å²) in [6.07, 6.45) is 0.770. The first kappa shape index (κ1) is 21.4. The molecule has 0 unspecified atom stereocenters. The minimum Gasteiger partial charge on any atom is -0.496 e. The number of nitrogens with zero attached hydrogens (tertiary/aromatic N) is 1. The molecule has 6 nitrogen and oxygen atoms in total. The summed E-state index contributed by atoms with van der Waals surface area (Å²) in [5.41, 5.74) is 1.93. The second kappa shape index (κ2) is 9.45. The number of anilines is 2. The van der Waals surface area contributed by atoms with E-state index in [-0.39, 0.29) is 17.2 Å². The van der Waals surface area contributed by atoms with Gasteiger partial charge in [-0.3, -0.25) is 9.10 Å². The van der Waals surface area contributed by atoms with E-state index in [2.05, 4.69) is 5.32 Å². The fourth-order valence-corrected chi connectivity index (χ4v) is 4.29. The molecule has 1 N–H and O–H groups in total. The molecule has 0 saturated heterocycles. The largest absolute Gasteiger partial charge is 0.496 e. The zero-order valence-corrected chi connectivity index (χ0v) is 17.7. The van der Waals surface area contributed by atoms with Gasteiger partial charge >= 0.3 is 0 Å². The minimum absolute atomic E-state index is 0.108. The van der Waals surface area contributed by atoms with Gasteiger partial charge in [-0.2, -0.15) is 0 Å². The van der Waals surface area contributed by atoms with Crippen molar-refractivity contribution < 1.29 is 17.9 Å². The first-order valence-corrected chi connectivity index (χ1v) is 10.9.